The van der Waals surface area contributed by atoms with Crippen molar-refractivity contribution in [3.63, 3.8) is 0 Å². The summed E-state index contributed by atoms with van der Waals surface area (Å²) >= 11 is 1.67. The molecule has 0 radical (unpaired) electrons. The molecule has 7 heteroatoms. The molecule has 0 spiro atoms. The summed E-state index contributed by atoms with van der Waals surface area (Å²) in [6, 6.07) is 9.53. The Labute approximate surface area is 156 Å². The lowest BCUT2D eigenvalue weighted by Crippen LogP contribution is -2.37. The zero-order valence-electron chi connectivity index (χ0n) is 14.5. The van der Waals surface area contributed by atoms with Crippen molar-refractivity contribution < 1.29 is 4.52 Å². The minimum Gasteiger partial charge on any atom is -0.337 e. The van der Waals surface area contributed by atoms with Crippen LogP contribution in [-0.4, -0.2) is 26.6 Å². The Morgan fingerprint density at radius 3 is 3.12 bits per heavy atom. The normalized spacial score (nSPS) is 20.8. The van der Waals surface area contributed by atoms with Crippen LogP contribution >= 0.6 is 11.3 Å². The summed E-state index contributed by atoms with van der Waals surface area (Å²) in [4.78, 5) is 11.4. The molecule has 0 aliphatic carbocycles. The third kappa shape index (κ3) is 3.52. The number of hydrogen-bond donors (Lipinski definition) is 0. The highest BCUT2D eigenvalue weighted by Gasteiger charge is 2.32. The van der Waals surface area contributed by atoms with Gasteiger partial charge in [0.15, 0.2) is 0 Å². The van der Waals surface area contributed by atoms with E-state index in [-0.39, 0.29) is 6.04 Å². The van der Waals surface area contributed by atoms with Gasteiger partial charge in [-0.2, -0.15) is 10.2 Å². The summed E-state index contributed by atoms with van der Waals surface area (Å²) in [5.74, 6) is 1.82. The highest BCUT2D eigenvalue weighted by Crippen LogP contribution is 2.34. The molecule has 0 N–H and O–H groups in total. The standard InChI is InChI=1S/C19H19N5OS/c1-13-5-6-16(24(11-13)12-17-21-7-8-26-17)19-22-18(23-25-19)15-4-2-3-14(9-15)10-20/h2-4,7-9,13,16H,5-6,11-12H2,1H3. The van der Waals surface area contributed by atoms with E-state index in [4.69, 9.17) is 9.78 Å². The smallest absolute Gasteiger partial charge is 0.244 e. The third-order valence-corrected chi connectivity index (χ3v) is 5.48. The Bertz CT molecular complexity index is 914. The van der Waals surface area contributed by atoms with Crippen LogP contribution in [0.5, 0.6) is 0 Å². The number of nitriles is 1. The predicted molar refractivity (Wildman–Crippen MR) is 98.1 cm³/mol. The molecule has 3 aromatic rings. The molecule has 3 heterocycles. The highest BCUT2D eigenvalue weighted by molar-refractivity contribution is 7.09. The minimum absolute atomic E-state index is 0.107. The largest absolute Gasteiger partial charge is 0.337 e. The lowest BCUT2D eigenvalue weighted by atomic mass is 9.94. The third-order valence-electron chi connectivity index (χ3n) is 4.72. The van der Waals surface area contributed by atoms with Gasteiger partial charge in [-0.3, -0.25) is 4.90 Å². The molecule has 0 saturated carbocycles. The van der Waals surface area contributed by atoms with Crippen molar-refractivity contribution >= 4 is 11.3 Å². The van der Waals surface area contributed by atoms with Gasteiger partial charge in [0.1, 0.15) is 5.01 Å². The molecule has 0 bridgehead atoms. The Kier molecular flexibility index (Phi) is 4.78. The molecule has 1 fully saturated rings. The SMILES string of the molecule is CC1CCC(c2nc(-c3cccc(C#N)c3)no2)N(Cc2nccs2)C1. The molecule has 132 valence electrons. The van der Waals surface area contributed by atoms with Crippen molar-refractivity contribution in [1.82, 2.24) is 20.0 Å². The molecule has 1 aliphatic rings. The lowest BCUT2D eigenvalue weighted by molar-refractivity contribution is 0.0828. The molecule has 4 rings (SSSR count). The first-order valence-electron chi connectivity index (χ1n) is 8.69. The van der Waals surface area contributed by atoms with Gasteiger partial charge in [0, 0.05) is 23.7 Å². The van der Waals surface area contributed by atoms with Crippen molar-refractivity contribution in [2.75, 3.05) is 6.54 Å². The molecular weight excluding hydrogens is 346 g/mol. The maximum absolute atomic E-state index is 9.07. The maximum atomic E-state index is 9.07. The molecule has 2 aromatic heterocycles. The van der Waals surface area contributed by atoms with Gasteiger partial charge in [-0.1, -0.05) is 24.2 Å². The molecule has 26 heavy (non-hydrogen) atoms. The number of nitrogens with zero attached hydrogens (tertiary/aromatic N) is 5. The summed E-state index contributed by atoms with van der Waals surface area (Å²) in [6.45, 7) is 4.07. The van der Waals surface area contributed by atoms with Crippen molar-refractivity contribution in [2.45, 2.75) is 32.4 Å². The number of hydrogen-bond acceptors (Lipinski definition) is 7. The maximum Gasteiger partial charge on any atom is 0.244 e. The number of piperidine rings is 1. The van der Waals surface area contributed by atoms with Crippen molar-refractivity contribution in [1.29, 1.82) is 5.26 Å². The van der Waals surface area contributed by atoms with E-state index in [1.165, 1.54) is 0 Å². The van der Waals surface area contributed by atoms with Gasteiger partial charge in [0.2, 0.25) is 11.7 Å². The van der Waals surface area contributed by atoms with E-state index in [9.17, 15) is 0 Å². The fourth-order valence-electron chi connectivity index (χ4n) is 3.42. The minimum atomic E-state index is 0.107. The second-order valence-electron chi connectivity index (χ2n) is 6.70. The van der Waals surface area contributed by atoms with E-state index in [1.807, 2.05) is 23.7 Å². The second kappa shape index (κ2) is 7.36. The molecule has 1 saturated heterocycles. The highest BCUT2D eigenvalue weighted by atomic mass is 32.1. The van der Waals surface area contributed by atoms with Gasteiger partial charge >= 0.3 is 0 Å². The van der Waals surface area contributed by atoms with E-state index in [0.717, 1.165) is 36.5 Å². The van der Waals surface area contributed by atoms with E-state index >= 15 is 0 Å². The van der Waals surface area contributed by atoms with Crippen LogP contribution in [0.4, 0.5) is 0 Å². The number of benzene rings is 1. The summed E-state index contributed by atoms with van der Waals surface area (Å²) in [5, 5.41) is 16.3. The van der Waals surface area contributed by atoms with E-state index in [1.54, 1.807) is 23.5 Å². The molecule has 2 atom stereocenters. The summed E-state index contributed by atoms with van der Waals surface area (Å²) in [6.07, 6.45) is 3.97. The van der Waals surface area contributed by atoms with Crippen LogP contribution in [0.3, 0.4) is 0 Å². The fourth-order valence-corrected chi connectivity index (χ4v) is 4.06. The number of thiazole rings is 1. The summed E-state index contributed by atoms with van der Waals surface area (Å²) in [7, 11) is 0. The van der Waals surface area contributed by atoms with Crippen LogP contribution in [0, 0.1) is 17.2 Å². The van der Waals surface area contributed by atoms with Crippen LogP contribution in [0.15, 0.2) is 40.4 Å². The van der Waals surface area contributed by atoms with E-state index in [0.29, 0.717) is 23.2 Å². The van der Waals surface area contributed by atoms with Crippen molar-refractivity contribution in [3.05, 3.63) is 52.3 Å². The average molecular weight is 365 g/mol. The van der Waals surface area contributed by atoms with Gasteiger partial charge in [-0.15, -0.1) is 11.3 Å². The molecule has 0 amide bonds. The molecule has 1 aliphatic heterocycles. The summed E-state index contributed by atoms with van der Waals surface area (Å²) in [5.41, 5.74) is 1.39. The van der Waals surface area contributed by atoms with Crippen LogP contribution < -0.4 is 0 Å². The average Bonchev–Trinajstić information content (AvgIpc) is 3.34. The second-order valence-corrected chi connectivity index (χ2v) is 7.68. The number of rotatable bonds is 4. The van der Waals surface area contributed by atoms with Crippen molar-refractivity contribution in [3.8, 4) is 17.5 Å². The van der Waals surface area contributed by atoms with Gasteiger partial charge in [-0.05, 0) is 30.9 Å². The van der Waals surface area contributed by atoms with Crippen LogP contribution in [0.2, 0.25) is 0 Å². The lowest BCUT2D eigenvalue weighted by Gasteiger charge is -2.36. The quantitative estimate of drug-likeness (QED) is 0.694. The molecule has 1 aromatic carbocycles. The Morgan fingerprint density at radius 1 is 1.38 bits per heavy atom. The predicted octanol–water partition coefficient (Wildman–Crippen LogP) is 4.04. The van der Waals surface area contributed by atoms with Gasteiger partial charge < -0.3 is 4.52 Å². The zero-order valence-corrected chi connectivity index (χ0v) is 15.3. The van der Waals surface area contributed by atoms with E-state index < -0.39 is 0 Å². The monoisotopic (exact) mass is 365 g/mol. The number of likely N-dealkylation sites (tertiary alicyclic amines) is 1. The zero-order chi connectivity index (χ0) is 17.9. The van der Waals surface area contributed by atoms with Crippen molar-refractivity contribution in [2.24, 2.45) is 5.92 Å². The van der Waals surface area contributed by atoms with Gasteiger partial charge in [0.25, 0.3) is 0 Å². The van der Waals surface area contributed by atoms with Gasteiger partial charge in [-0.25, -0.2) is 4.98 Å². The molecule has 6 nitrogen and oxygen atoms in total. The summed E-state index contributed by atoms with van der Waals surface area (Å²) < 4.78 is 5.61. The fraction of sp³-hybridized carbons (Fsp3) is 0.368. The topological polar surface area (TPSA) is 78.8 Å². The Balaban J connectivity index is 1.59. The van der Waals surface area contributed by atoms with Crippen LogP contribution in [0.25, 0.3) is 11.4 Å². The molecular formula is C19H19N5OS. The van der Waals surface area contributed by atoms with E-state index in [2.05, 4.69) is 33.0 Å². The van der Waals surface area contributed by atoms with Gasteiger partial charge in [0.05, 0.1) is 24.2 Å². The first kappa shape index (κ1) is 16.9. The Morgan fingerprint density at radius 2 is 2.31 bits per heavy atom. The Hall–Kier alpha value is -2.56. The molecule has 2 unspecified atom stereocenters. The van der Waals surface area contributed by atoms with Crippen LogP contribution in [0.1, 0.15) is 42.3 Å². The first-order chi connectivity index (χ1) is 12.7. The van der Waals surface area contributed by atoms with Crippen LogP contribution in [-0.2, 0) is 6.54 Å². The number of aromatic nitrogens is 3. The first-order valence-corrected chi connectivity index (χ1v) is 9.57.